The molecule has 0 bridgehead atoms. The van der Waals surface area contributed by atoms with Crippen molar-refractivity contribution in [2.45, 2.75) is 6.42 Å². The fourth-order valence-electron chi connectivity index (χ4n) is 2.08. The van der Waals surface area contributed by atoms with Gasteiger partial charge in [0, 0.05) is 12.3 Å². The summed E-state index contributed by atoms with van der Waals surface area (Å²) in [4.78, 5) is 27.4. The molecule has 0 aromatic carbocycles. The van der Waals surface area contributed by atoms with Crippen molar-refractivity contribution in [2.24, 2.45) is 5.73 Å². The largest absolute Gasteiger partial charge is 0.449 e. The van der Waals surface area contributed by atoms with Gasteiger partial charge in [0.05, 0.1) is 25.9 Å². The second-order valence-electron chi connectivity index (χ2n) is 4.59. The molecule has 2 heterocycles. The number of hydrogen-bond donors (Lipinski definition) is 2. The Kier molecular flexibility index (Phi) is 4.74. The predicted molar refractivity (Wildman–Crippen MR) is 80.4 cm³/mol. The number of nitrogens with two attached hydrogens (primary N) is 1. The summed E-state index contributed by atoms with van der Waals surface area (Å²) >= 11 is 6.07. The standard InChI is InChI=1S/C13H14ClN5O3/c1-19(9-3-2-5-16-7-9,10-8-17-18-12(10)14)11(20)4-6-22-13(15)21/h2-3,5,7-8H,4,6H2,1H3,(H2-,15,17,18,21)/p+1. The summed E-state index contributed by atoms with van der Waals surface area (Å²) in [5.41, 5.74) is 5.97. The van der Waals surface area contributed by atoms with Crippen LogP contribution >= 0.6 is 11.6 Å². The van der Waals surface area contributed by atoms with Crippen LogP contribution in [-0.4, -0.2) is 40.8 Å². The quantitative estimate of drug-likeness (QED) is 0.814. The molecule has 2 amide bonds. The van der Waals surface area contributed by atoms with Crippen LogP contribution in [0.15, 0.2) is 30.7 Å². The summed E-state index contributed by atoms with van der Waals surface area (Å²) < 4.78 is 4.37. The molecule has 1 unspecified atom stereocenters. The Morgan fingerprint density at radius 2 is 2.27 bits per heavy atom. The van der Waals surface area contributed by atoms with Crippen molar-refractivity contribution in [1.29, 1.82) is 0 Å². The molecule has 8 nitrogen and oxygen atoms in total. The Morgan fingerprint density at radius 1 is 1.50 bits per heavy atom. The molecule has 22 heavy (non-hydrogen) atoms. The summed E-state index contributed by atoms with van der Waals surface area (Å²) in [6.45, 7) is -0.113. The molecule has 2 aromatic rings. The highest BCUT2D eigenvalue weighted by molar-refractivity contribution is 6.32. The van der Waals surface area contributed by atoms with E-state index in [4.69, 9.17) is 17.3 Å². The zero-order chi connectivity index (χ0) is 16.2. The van der Waals surface area contributed by atoms with Gasteiger partial charge in [-0.15, -0.1) is 0 Å². The maximum atomic E-state index is 12.7. The van der Waals surface area contributed by atoms with Gasteiger partial charge in [-0.3, -0.25) is 10.1 Å². The van der Waals surface area contributed by atoms with Crippen molar-refractivity contribution >= 4 is 35.0 Å². The summed E-state index contributed by atoms with van der Waals surface area (Å²) in [7, 11) is 1.67. The SMILES string of the molecule is C[N+](C(=O)CCOC(N)=O)(c1cccnc1)c1c[nH]nc1Cl. The number of carbonyl (C=O) groups excluding carboxylic acids is 2. The van der Waals surface area contributed by atoms with E-state index in [-0.39, 0.29) is 28.6 Å². The van der Waals surface area contributed by atoms with Gasteiger partial charge in [-0.2, -0.15) is 9.58 Å². The Bertz CT molecular complexity index is 675. The lowest BCUT2D eigenvalue weighted by atomic mass is 10.2. The van der Waals surface area contributed by atoms with Gasteiger partial charge in [-0.05, 0) is 6.07 Å². The number of rotatable bonds is 5. The first-order chi connectivity index (χ1) is 10.5. The van der Waals surface area contributed by atoms with E-state index in [1.165, 1.54) is 0 Å². The number of nitrogens with one attached hydrogen (secondary N) is 1. The minimum absolute atomic E-state index is 0.0319. The Morgan fingerprint density at radius 3 is 2.82 bits per heavy atom. The third-order valence-electron chi connectivity index (χ3n) is 3.28. The molecule has 0 aliphatic rings. The highest BCUT2D eigenvalue weighted by atomic mass is 35.5. The van der Waals surface area contributed by atoms with Gasteiger partial charge in [-0.25, -0.2) is 9.59 Å². The van der Waals surface area contributed by atoms with Crippen molar-refractivity contribution in [3.05, 3.63) is 35.9 Å². The van der Waals surface area contributed by atoms with Crippen molar-refractivity contribution in [1.82, 2.24) is 19.7 Å². The molecule has 0 saturated carbocycles. The number of pyridine rings is 1. The van der Waals surface area contributed by atoms with Gasteiger partial charge in [0.25, 0.3) is 0 Å². The third-order valence-corrected chi connectivity index (χ3v) is 3.56. The number of quaternary nitrogens is 1. The number of carbonyl (C=O) groups is 2. The molecule has 0 spiro atoms. The van der Waals surface area contributed by atoms with Gasteiger partial charge in [0.2, 0.25) is 10.8 Å². The molecule has 0 aliphatic heterocycles. The first-order valence-corrected chi connectivity index (χ1v) is 6.76. The molecule has 3 N–H and O–H groups in total. The van der Waals surface area contributed by atoms with E-state index in [1.807, 2.05) is 0 Å². The zero-order valence-corrected chi connectivity index (χ0v) is 12.6. The zero-order valence-electron chi connectivity index (χ0n) is 11.8. The van der Waals surface area contributed by atoms with E-state index in [0.29, 0.717) is 11.4 Å². The lowest BCUT2D eigenvalue weighted by Crippen LogP contribution is -2.46. The van der Waals surface area contributed by atoms with Crippen LogP contribution < -0.4 is 10.2 Å². The molecule has 0 saturated heterocycles. The summed E-state index contributed by atoms with van der Waals surface area (Å²) in [6.07, 6.45) is 3.75. The summed E-state index contributed by atoms with van der Waals surface area (Å²) in [5, 5.41) is 6.65. The number of nitrogens with zero attached hydrogens (tertiary/aromatic N) is 3. The molecule has 0 radical (unpaired) electrons. The minimum Gasteiger partial charge on any atom is -0.449 e. The molecule has 9 heteroatoms. The van der Waals surface area contributed by atoms with Crippen molar-refractivity contribution in [2.75, 3.05) is 13.7 Å². The smallest absolute Gasteiger partial charge is 0.404 e. The predicted octanol–water partition coefficient (Wildman–Crippen LogP) is 1.74. The molecule has 0 fully saturated rings. The molecular weight excluding hydrogens is 310 g/mol. The number of ether oxygens (including phenoxy) is 1. The molecule has 2 aromatic heterocycles. The van der Waals surface area contributed by atoms with E-state index >= 15 is 0 Å². The molecule has 116 valence electrons. The average Bonchev–Trinajstić information content (AvgIpc) is 2.93. The first-order valence-electron chi connectivity index (χ1n) is 6.39. The number of amides is 2. The molecule has 2 rings (SSSR count). The van der Waals surface area contributed by atoms with E-state index in [2.05, 4.69) is 19.9 Å². The number of H-pyrrole nitrogens is 1. The van der Waals surface area contributed by atoms with Gasteiger partial charge in [0.15, 0.2) is 5.69 Å². The van der Waals surface area contributed by atoms with Crippen molar-refractivity contribution < 1.29 is 14.3 Å². The maximum Gasteiger partial charge on any atom is 0.404 e. The number of halogens is 1. The monoisotopic (exact) mass is 324 g/mol. The number of hydrogen-bond acceptors (Lipinski definition) is 5. The average molecular weight is 325 g/mol. The normalized spacial score (nSPS) is 13.4. The van der Waals surface area contributed by atoms with E-state index in [9.17, 15) is 9.59 Å². The first kappa shape index (κ1) is 15.9. The van der Waals surface area contributed by atoms with Crippen LogP contribution in [0.1, 0.15) is 6.42 Å². The van der Waals surface area contributed by atoms with E-state index in [0.717, 1.165) is 0 Å². The fourth-order valence-corrected chi connectivity index (χ4v) is 2.35. The van der Waals surface area contributed by atoms with E-state index in [1.54, 1.807) is 37.8 Å². The van der Waals surface area contributed by atoms with Crippen LogP contribution in [0.5, 0.6) is 0 Å². The summed E-state index contributed by atoms with van der Waals surface area (Å²) in [5.74, 6) is -0.252. The van der Waals surface area contributed by atoms with Gasteiger partial charge >= 0.3 is 12.0 Å². The maximum absolute atomic E-state index is 12.7. The molecular formula is C13H15ClN5O3+. The van der Waals surface area contributed by atoms with Crippen LogP contribution in [0.4, 0.5) is 16.2 Å². The van der Waals surface area contributed by atoms with E-state index < -0.39 is 6.09 Å². The van der Waals surface area contributed by atoms with Crippen LogP contribution in [0.2, 0.25) is 5.15 Å². The number of aromatic amines is 1. The molecule has 0 aliphatic carbocycles. The number of aromatic nitrogens is 3. The second kappa shape index (κ2) is 6.54. The van der Waals surface area contributed by atoms with Gasteiger partial charge in [0.1, 0.15) is 6.61 Å². The number of primary amides is 1. The van der Waals surface area contributed by atoms with Crippen molar-refractivity contribution in [3.8, 4) is 0 Å². The summed E-state index contributed by atoms with van der Waals surface area (Å²) in [6, 6.07) is 3.47. The van der Waals surface area contributed by atoms with Crippen LogP contribution in [0.3, 0.4) is 0 Å². The minimum atomic E-state index is -0.926. The Balaban J connectivity index is 2.37. The van der Waals surface area contributed by atoms with Crippen LogP contribution in [0, 0.1) is 0 Å². The van der Waals surface area contributed by atoms with Gasteiger partial charge < -0.3 is 10.5 Å². The highest BCUT2D eigenvalue weighted by Gasteiger charge is 2.40. The topological polar surface area (TPSA) is 111 Å². The van der Waals surface area contributed by atoms with Crippen LogP contribution in [-0.2, 0) is 9.53 Å². The Labute approximate surface area is 131 Å². The lowest BCUT2D eigenvalue weighted by Gasteiger charge is -2.29. The third kappa shape index (κ3) is 3.07. The lowest BCUT2D eigenvalue weighted by molar-refractivity contribution is -0.127. The van der Waals surface area contributed by atoms with Crippen LogP contribution in [0.25, 0.3) is 0 Å². The van der Waals surface area contributed by atoms with Gasteiger partial charge in [-0.1, -0.05) is 11.6 Å². The van der Waals surface area contributed by atoms with Crippen molar-refractivity contribution in [3.63, 3.8) is 0 Å². The molecule has 1 atom stereocenters. The second-order valence-corrected chi connectivity index (χ2v) is 4.95. The Hall–Kier alpha value is -2.45. The highest BCUT2D eigenvalue weighted by Crippen LogP contribution is 2.36. The fraction of sp³-hybridized carbons (Fsp3) is 0.231.